The molecule has 0 aromatic carbocycles. The molecular formula is C16H27IN4O2S2. The molecule has 0 atom stereocenters. The van der Waals surface area contributed by atoms with Crippen LogP contribution in [0, 0.1) is 5.92 Å². The van der Waals surface area contributed by atoms with E-state index in [0.29, 0.717) is 6.61 Å². The van der Waals surface area contributed by atoms with E-state index in [9.17, 15) is 4.79 Å². The SMILES string of the molecule is CCOC(=O)C1CCN(C(=NC)NCCCSc2nccs2)CC1.I. The Kier molecular flexibility index (Phi) is 11.5. The Morgan fingerprint density at radius 3 is 2.88 bits per heavy atom. The molecule has 9 heteroatoms. The topological polar surface area (TPSA) is 66.8 Å². The molecular weight excluding hydrogens is 471 g/mol. The Morgan fingerprint density at radius 1 is 1.52 bits per heavy atom. The molecule has 0 amide bonds. The number of hydrogen-bond acceptors (Lipinski definition) is 6. The van der Waals surface area contributed by atoms with Gasteiger partial charge >= 0.3 is 5.97 Å². The fourth-order valence-electron chi connectivity index (χ4n) is 2.63. The van der Waals surface area contributed by atoms with E-state index in [1.807, 2.05) is 25.5 Å². The van der Waals surface area contributed by atoms with E-state index < -0.39 is 0 Å². The van der Waals surface area contributed by atoms with Gasteiger partial charge in [0.1, 0.15) is 4.34 Å². The Hall–Kier alpha value is -0.550. The molecule has 0 unspecified atom stereocenters. The number of hydrogen-bond donors (Lipinski definition) is 1. The van der Waals surface area contributed by atoms with Crippen LogP contribution in [0.15, 0.2) is 20.9 Å². The first-order valence-corrected chi connectivity index (χ1v) is 10.3. The van der Waals surface area contributed by atoms with E-state index in [-0.39, 0.29) is 35.9 Å². The minimum atomic E-state index is -0.0562. The fraction of sp³-hybridized carbons (Fsp3) is 0.688. The second-order valence-corrected chi connectivity index (χ2v) is 7.72. The molecule has 0 radical (unpaired) electrons. The molecule has 1 N–H and O–H groups in total. The van der Waals surface area contributed by atoms with Gasteiger partial charge in [-0.05, 0) is 26.2 Å². The molecule has 1 aliphatic rings. The molecule has 1 aromatic heterocycles. The van der Waals surface area contributed by atoms with E-state index in [0.717, 1.165) is 54.9 Å². The van der Waals surface area contributed by atoms with Crippen LogP contribution >= 0.6 is 47.1 Å². The predicted molar refractivity (Wildman–Crippen MR) is 115 cm³/mol. The lowest BCUT2D eigenvalue weighted by Crippen LogP contribution is -2.47. The number of likely N-dealkylation sites (tertiary alicyclic amines) is 1. The van der Waals surface area contributed by atoms with E-state index >= 15 is 0 Å². The number of carbonyl (C=O) groups is 1. The molecule has 1 saturated heterocycles. The summed E-state index contributed by atoms with van der Waals surface area (Å²) in [6.07, 6.45) is 4.56. The molecule has 142 valence electrons. The molecule has 0 spiro atoms. The van der Waals surface area contributed by atoms with Crippen LogP contribution in [0.2, 0.25) is 0 Å². The second kappa shape index (κ2) is 12.7. The van der Waals surface area contributed by atoms with Crippen LogP contribution in [0.1, 0.15) is 26.2 Å². The number of ether oxygens (including phenoxy) is 1. The minimum absolute atomic E-state index is 0. The maximum absolute atomic E-state index is 11.8. The summed E-state index contributed by atoms with van der Waals surface area (Å²) >= 11 is 3.47. The highest BCUT2D eigenvalue weighted by Crippen LogP contribution is 2.21. The van der Waals surface area contributed by atoms with Gasteiger partial charge in [-0.15, -0.1) is 35.3 Å². The van der Waals surface area contributed by atoms with Crippen LogP contribution in [0.3, 0.4) is 0 Å². The highest BCUT2D eigenvalue weighted by molar-refractivity contribution is 14.0. The molecule has 0 bridgehead atoms. The molecule has 2 rings (SSSR count). The molecule has 6 nitrogen and oxygen atoms in total. The predicted octanol–water partition coefficient (Wildman–Crippen LogP) is 3.09. The summed E-state index contributed by atoms with van der Waals surface area (Å²) in [7, 11) is 1.81. The average molecular weight is 498 g/mol. The highest BCUT2D eigenvalue weighted by Gasteiger charge is 2.27. The van der Waals surface area contributed by atoms with Crippen molar-refractivity contribution in [1.82, 2.24) is 15.2 Å². The number of nitrogens with zero attached hydrogens (tertiary/aromatic N) is 3. The van der Waals surface area contributed by atoms with Gasteiger partial charge in [0, 0.05) is 44.0 Å². The molecule has 1 aromatic rings. The maximum Gasteiger partial charge on any atom is 0.309 e. The summed E-state index contributed by atoms with van der Waals surface area (Å²) in [5.41, 5.74) is 0. The van der Waals surface area contributed by atoms with E-state index in [1.54, 1.807) is 23.1 Å². The van der Waals surface area contributed by atoms with Gasteiger partial charge in [-0.25, -0.2) is 4.98 Å². The van der Waals surface area contributed by atoms with Crippen molar-refractivity contribution >= 4 is 59.0 Å². The number of nitrogens with one attached hydrogen (secondary N) is 1. The smallest absolute Gasteiger partial charge is 0.309 e. The first-order chi connectivity index (χ1) is 11.7. The summed E-state index contributed by atoms with van der Waals surface area (Å²) in [5.74, 6) is 1.95. The molecule has 25 heavy (non-hydrogen) atoms. The Morgan fingerprint density at radius 2 is 2.28 bits per heavy atom. The standard InChI is InChI=1S/C16H26N4O2S2.HI/c1-3-22-14(21)13-5-9-20(10-6-13)15(17-2)18-7-4-11-23-16-19-8-12-24-16;/h8,12-13H,3-7,9-11H2,1-2H3,(H,17,18);1H. The number of thioether (sulfide) groups is 1. The van der Waals surface area contributed by atoms with Crippen molar-refractivity contribution in [3.05, 3.63) is 11.6 Å². The number of carbonyl (C=O) groups excluding carboxylic acids is 1. The third-order valence-corrected chi connectivity index (χ3v) is 5.92. The van der Waals surface area contributed by atoms with Crippen LogP contribution < -0.4 is 5.32 Å². The first-order valence-electron chi connectivity index (χ1n) is 8.39. The molecule has 0 saturated carbocycles. The van der Waals surface area contributed by atoms with Gasteiger partial charge in [-0.1, -0.05) is 11.8 Å². The first kappa shape index (κ1) is 22.5. The van der Waals surface area contributed by atoms with Gasteiger partial charge in [-0.3, -0.25) is 9.79 Å². The summed E-state index contributed by atoms with van der Waals surface area (Å²) in [6.45, 7) is 4.89. The fourth-order valence-corrected chi connectivity index (χ4v) is 4.28. The van der Waals surface area contributed by atoms with Crippen LogP contribution in [0.4, 0.5) is 0 Å². The van der Waals surface area contributed by atoms with Crippen molar-refractivity contribution in [2.75, 3.05) is 39.0 Å². The number of aliphatic imine (C=N–C) groups is 1. The second-order valence-electron chi connectivity index (χ2n) is 5.49. The van der Waals surface area contributed by atoms with Crippen LogP contribution in [0.5, 0.6) is 0 Å². The average Bonchev–Trinajstić information content (AvgIpc) is 3.12. The molecule has 1 aliphatic heterocycles. The number of guanidine groups is 1. The van der Waals surface area contributed by atoms with Crippen molar-refractivity contribution < 1.29 is 9.53 Å². The Bertz CT molecular complexity index is 520. The zero-order valence-electron chi connectivity index (χ0n) is 14.8. The van der Waals surface area contributed by atoms with Gasteiger partial charge in [0.15, 0.2) is 5.96 Å². The lowest BCUT2D eigenvalue weighted by atomic mass is 9.97. The van der Waals surface area contributed by atoms with E-state index in [2.05, 4.69) is 20.2 Å². The van der Waals surface area contributed by atoms with Gasteiger partial charge in [-0.2, -0.15) is 0 Å². The van der Waals surface area contributed by atoms with Crippen molar-refractivity contribution in [1.29, 1.82) is 0 Å². The summed E-state index contributed by atoms with van der Waals surface area (Å²) in [4.78, 5) is 22.6. The van der Waals surface area contributed by atoms with Crippen molar-refractivity contribution in [3.63, 3.8) is 0 Å². The number of piperidine rings is 1. The van der Waals surface area contributed by atoms with Crippen LogP contribution in [-0.2, 0) is 9.53 Å². The van der Waals surface area contributed by atoms with Gasteiger partial charge in [0.2, 0.25) is 0 Å². The lowest BCUT2D eigenvalue weighted by molar-refractivity contribution is -0.149. The number of thiazole rings is 1. The quantitative estimate of drug-likeness (QED) is 0.156. The zero-order chi connectivity index (χ0) is 17.2. The van der Waals surface area contributed by atoms with Gasteiger partial charge in [0.05, 0.1) is 12.5 Å². The third-order valence-electron chi connectivity index (χ3n) is 3.87. The maximum atomic E-state index is 11.8. The monoisotopic (exact) mass is 498 g/mol. The van der Waals surface area contributed by atoms with Gasteiger partial charge < -0.3 is 15.0 Å². The summed E-state index contributed by atoms with van der Waals surface area (Å²) in [5, 5.41) is 5.42. The van der Waals surface area contributed by atoms with E-state index in [1.165, 1.54) is 0 Å². The van der Waals surface area contributed by atoms with Crippen molar-refractivity contribution in [2.24, 2.45) is 10.9 Å². The Balaban J connectivity index is 0.00000312. The molecule has 0 aliphatic carbocycles. The molecule has 2 heterocycles. The number of rotatable bonds is 7. The largest absolute Gasteiger partial charge is 0.466 e. The normalized spacial score (nSPS) is 15.6. The number of halogens is 1. The third kappa shape index (κ3) is 7.69. The van der Waals surface area contributed by atoms with Gasteiger partial charge in [0.25, 0.3) is 0 Å². The van der Waals surface area contributed by atoms with Crippen molar-refractivity contribution in [3.8, 4) is 0 Å². The van der Waals surface area contributed by atoms with Crippen LogP contribution in [0.25, 0.3) is 0 Å². The Labute approximate surface area is 175 Å². The zero-order valence-corrected chi connectivity index (χ0v) is 18.7. The number of esters is 1. The molecule has 1 fully saturated rings. The lowest BCUT2D eigenvalue weighted by Gasteiger charge is -2.33. The van der Waals surface area contributed by atoms with Crippen LogP contribution in [-0.4, -0.2) is 60.9 Å². The number of aromatic nitrogens is 1. The summed E-state index contributed by atoms with van der Waals surface area (Å²) in [6, 6.07) is 0. The minimum Gasteiger partial charge on any atom is -0.466 e. The highest BCUT2D eigenvalue weighted by atomic mass is 127. The van der Waals surface area contributed by atoms with E-state index in [4.69, 9.17) is 4.74 Å². The van der Waals surface area contributed by atoms with Crippen molar-refractivity contribution in [2.45, 2.75) is 30.5 Å². The summed E-state index contributed by atoms with van der Waals surface area (Å²) < 4.78 is 6.24.